The van der Waals surface area contributed by atoms with Gasteiger partial charge in [0.05, 0.1) is 14.2 Å². The van der Waals surface area contributed by atoms with Crippen molar-refractivity contribution in [2.75, 3.05) is 33.6 Å². The number of rotatable bonds is 4. The third-order valence-corrected chi connectivity index (χ3v) is 5.86. The molecule has 2 heterocycles. The molecule has 0 spiro atoms. The number of hydrogen-bond acceptors (Lipinski definition) is 4. The average Bonchev–Trinajstić information content (AvgIpc) is 3.05. The second-order valence-corrected chi connectivity index (χ2v) is 6.80. The molecule has 3 nitrogen and oxygen atoms in total. The molecular weight excluding hydrogens is 270 g/mol. The SMILES string of the molecule is COc1ccc2c(c1OC)C(CC1CCCN1C)CS2. The van der Waals surface area contributed by atoms with Crippen LogP contribution in [0.1, 0.15) is 30.7 Å². The summed E-state index contributed by atoms with van der Waals surface area (Å²) >= 11 is 1.96. The molecule has 0 aromatic heterocycles. The topological polar surface area (TPSA) is 21.7 Å². The molecule has 110 valence electrons. The molecule has 20 heavy (non-hydrogen) atoms. The van der Waals surface area contributed by atoms with Crippen LogP contribution in [0.15, 0.2) is 17.0 Å². The highest BCUT2D eigenvalue weighted by Gasteiger charge is 2.33. The quantitative estimate of drug-likeness (QED) is 0.848. The van der Waals surface area contributed by atoms with E-state index in [1.165, 1.54) is 42.0 Å². The smallest absolute Gasteiger partial charge is 0.165 e. The monoisotopic (exact) mass is 293 g/mol. The first-order valence-electron chi connectivity index (χ1n) is 7.32. The van der Waals surface area contributed by atoms with Gasteiger partial charge in [-0.25, -0.2) is 0 Å². The Hall–Kier alpha value is -0.870. The molecule has 3 rings (SSSR count). The zero-order valence-corrected chi connectivity index (χ0v) is 13.3. The van der Waals surface area contributed by atoms with E-state index in [1.807, 2.05) is 17.8 Å². The first kappa shape index (κ1) is 14.1. The van der Waals surface area contributed by atoms with Gasteiger partial charge in [0.1, 0.15) is 0 Å². The maximum absolute atomic E-state index is 5.65. The Bertz CT molecular complexity index is 492. The van der Waals surface area contributed by atoms with Crippen molar-refractivity contribution in [2.45, 2.75) is 36.1 Å². The van der Waals surface area contributed by atoms with Gasteiger partial charge in [-0.3, -0.25) is 0 Å². The Morgan fingerprint density at radius 3 is 2.80 bits per heavy atom. The van der Waals surface area contributed by atoms with Crippen LogP contribution in [-0.4, -0.2) is 44.5 Å². The molecule has 1 fully saturated rings. The van der Waals surface area contributed by atoms with Crippen molar-refractivity contribution >= 4 is 11.8 Å². The zero-order chi connectivity index (χ0) is 14.1. The van der Waals surface area contributed by atoms with Crippen LogP contribution in [-0.2, 0) is 0 Å². The van der Waals surface area contributed by atoms with Crippen LogP contribution in [0.2, 0.25) is 0 Å². The minimum absolute atomic E-state index is 0.589. The maximum Gasteiger partial charge on any atom is 0.165 e. The van der Waals surface area contributed by atoms with Gasteiger partial charge in [0.2, 0.25) is 0 Å². The summed E-state index contributed by atoms with van der Waals surface area (Å²) in [6.07, 6.45) is 3.91. The Balaban J connectivity index is 1.88. The van der Waals surface area contributed by atoms with Crippen molar-refractivity contribution in [3.63, 3.8) is 0 Å². The van der Waals surface area contributed by atoms with Gasteiger partial charge >= 0.3 is 0 Å². The van der Waals surface area contributed by atoms with Gasteiger partial charge in [0.25, 0.3) is 0 Å². The molecule has 1 aromatic carbocycles. The van der Waals surface area contributed by atoms with Crippen LogP contribution in [0.4, 0.5) is 0 Å². The number of thioether (sulfide) groups is 1. The summed E-state index contributed by atoms with van der Waals surface area (Å²) < 4.78 is 11.1. The van der Waals surface area contributed by atoms with Crippen LogP contribution in [0.25, 0.3) is 0 Å². The number of nitrogens with zero attached hydrogens (tertiary/aromatic N) is 1. The lowest BCUT2D eigenvalue weighted by molar-refractivity contribution is 0.283. The minimum atomic E-state index is 0.589. The lowest BCUT2D eigenvalue weighted by Gasteiger charge is -2.24. The van der Waals surface area contributed by atoms with Crippen molar-refractivity contribution in [2.24, 2.45) is 0 Å². The lowest BCUT2D eigenvalue weighted by atomic mass is 9.92. The van der Waals surface area contributed by atoms with Gasteiger partial charge < -0.3 is 14.4 Å². The summed E-state index contributed by atoms with van der Waals surface area (Å²) in [5, 5.41) is 0. The molecule has 2 unspecified atom stereocenters. The minimum Gasteiger partial charge on any atom is -0.493 e. The molecule has 4 heteroatoms. The van der Waals surface area contributed by atoms with E-state index in [9.17, 15) is 0 Å². The molecular formula is C16H23NO2S. The van der Waals surface area contributed by atoms with E-state index >= 15 is 0 Å². The molecule has 1 saturated heterocycles. The third kappa shape index (κ3) is 2.40. The maximum atomic E-state index is 5.65. The van der Waals surface area contributed by atoms with Crippen LogP contribution < -0.4 is 9.47 Å². The van der Waals surface area contributed by atoms with E-state index in [1.54, 1.807) is 14.2 Å². The molecule has 2 aliphatic rings. The normalized spacial score (nSPS) is 25.8. The Kier molecular flexibility index (Phi) is 4.13. The highest BCUT2D eigenvalue weighted by molar-refractivity contribution is 7.99. The summed E-state index contributed by atoms with van der Waals surface area (Å²) in [4.78, 5) is 3.88. The molecule has 1 aromatic rings. The Morgan fingerprint density at radius 1 is 1.30 bits per heavy atom. The number of fused-ring (bicyclic) bond motifs is 1. The van der Waals surface area contributed by atoms with E-state index in [2.05, 4.69) is 18.0 Å². The molecule has 0 saturated carbocycles. The third-order valence-electron chi connectivity index (χ3n) is 4.62. The zero-order valence-electron chi connectivity index (χ0n) is 12.5. The Morgan fingerprint density at radius 2 is 2.15 bits per heavy atom. The number of methoxy groups -OCH3 is 2. The number of ether oxygens (including phenoxy) is 2. The van der Waals surface area contributed by atoms with E-state index < -0.39 is 0 Å². The summed E-state index contributed by atoms with van der Waals surface area (Å²) in [6, 6.07) is 4.93. The predicted molar refractivity (Wildman–Crippen MR) is 83.3 cm³/mol. The van der Waals surface area contributed by atoms with Gasteiger partial charge in [-0.05, 0) is 50.9 Å². The highest BCUT2D eigenvalue weighted by atomic mass is 32.2. The molecule has 2 aliphatic heterocycles. The number of likely N-dealkylation sites (tertiary alicyclic amines) is 1. The van der Waals surface area contributed by atoms with E-state index in [0.29, 0.717) is 5.92 Å². The van der Waals surface area contributed by atoms with Crippen molar-refractivity contribution in [3.8, 4) is 11.5 Å². The van der Waals surface area contributed by atoms with E-state index in [4.69, 9.17) is 9.47 Å². The van der Waals surface area contributed by atoms with Gasteiger partial charge in [-0.2, -0.15) is 0 Å². The largest absolute Gasteiger partial charge is 0.493 e. The van der Waals surface area contributed by atoms with Crippen LogP contribution >= 0.6 is 11.8 Å². The molecule has 0 amide bonds. The highest BCUT2D eigenvalue weighted by Crippen LogP contribution is 2.50. The van der Waals surface area contributed by atoms with E-state index in [0.717, 1.165) is 17.5 Å². The molecule has 0 bridgehead atoms. The fourth-order valence-electron chi connectivity index (χ4n) is 3.51. The molecule has 0 N–H and O–H groups in total. The Labute approximate surface area is 125 Å². The second-order valence-electron chi connectivity index (χ2n) is 5.73. The molecule has 2 atom stereocenters. The fourth-order valence-corrected chi connectivity index (χ4v) is 4.77. The predicted octanol–water partition coefficient (Wildman–Crippen LogP) is 3.38. The standard InChI is InChI=1S/C16H23NO2S/c1-17-8-4-5-12(17)9-11-10-20-14-7-6-13(18-2)16(19-3)15(11)14/h6-7,11-12H,4-5,8-10H2,1-3H3. The molecule has 0 aliphatic carbocycles. The summed E-state index contributed by atoms with van der Waals surface area (Å²) in [5.74, 6) is 3.56. The fraction of sp³-hybridized carbons (Fsp3) is 0.625. The summed E-state index contributed by atoms with van der Waals surface area (Å²) in [5.41, 5.74) is 1.37. The number of benzene rings is 1. The summed E-state index contributed by atoms with van der Waals surface area (Å²) in [6.45, 7) is 1.24. The van der Waals surface area contributed by atoms with Crippen molar-refractivity contribution < 1.29 is 9.47 Å². The van der Waals surface area contributed by atoms with Crippen LogP contribution in [0.3, 0.4) is 0 Å². The van der Waals surface area contributed by atoms with E-state index in [-0.39, 0.29) is 0 Å². The van der Waals surface area contributed by atoms with Gasteiger partial charge in [0, 0.05) is 22.3 Å². The van der Waals surface area contributed by atoms with Crippen molar-refractivity contribution in [3.05, 3.63) is 17.7 Å². The van der Waals surface area contributed by atoms with Gasteiger partial charge in [0.15, 0.2) is 11.5 Å². The van der Waals surface area contributed by atoms with Gasteiger partial charge in [-0.1, -0.05) is 0 Å². The van der Waals surface area contributed by atoms with Crippen LogP contribution in [0.5, 0.6) is 11.5 Å². The number of hydrogen-bond donors (Lipinski definition) is 0. The average molecular weight is 293 g/mol. The first-order valence-corrected chi connectivity index (χ1v) is 8.31. The van der Waals surface area contributed by atoms with Crippen LogP contribution in [0, 0.1) is 0 Å². The van der Waals surface area contributed by atoms with Gasteiger partial charge in [-0.15, -0.1) is 11.8 Å². The molecule has 0 radical (unpaired) electrons. The second kappa shape index (κ2) is 5.86. The van der Waals surface area contributed by atoms with Crippen molar-refractivity contribution in [1.29, 1.82) is 0 Å². The van der Waals surface area contributed by atoms with Crippen molar-refractivity contribution in [1.82, 2.24) is 4.90 Å². The summed E-state index contributed by atoms with van der Waals surface area (Å²) in [7, 11) is 5.72. The lowest BCUT2D eigenvalue weighted by Crippen LogP contribution is -2.26. The first-order chi connectivity index (χ1) is 9.74.